The summed E-state index contributed by atoms with van der Waals surface area (Å²) in [6, 6.07) is 8.48. The van der Waals surface area contributed by atoms with Crippen LogP contribution in [0.3, 0.4) is 0 Å². The van der Waals surface area contributed by atoms with E-state index < -0.39 is 0 Å². The fourth-order valence-corrected chi connectivity index (χ4v) is 3.24. The third-order valence-electron chi connectivity index (χ3n) is 4.27. The van der Waals surface area contributed by atoms with Gasteiger partial charge in [-0.15, -0.1) is 0 Å². The maximum Gasteiger partial charge on any atom is 0.0750 e. The Morgan fingerprint density at radius 1 is 1.30 bits per heavy atom. The number of rotatable bonds is 5. The molecule has 0 unspecified atom stereocenters. The highest BCUT2D eigenvalue weighted by molar-refractivity contribution is 9.12. The molecule has 1 N–H and O–H groups in total. The molecule has 0 amide bonds. The highest BCUT2D eigenvalue weighted by Crippen LogP contribution is 2.27. The van der Waals surface area contributed by atoms with Gasteiger partial charge >= 0.3 is 0 Å². The van der Waals surface area contributed by atoms with Gasteiger partial charge in [-0.1, -0.05) is 56.4 Å². The first kappa shape index (κ1) is 15.5. The predicted molar refractivity (Wildman–Crippen MR) is 90.9 cm³/mol. The van der Waals surface area contributed by atoms with E-state index in [0.717, 1.165) is 22.4 Å². The Morgan fingerprint density at radius 2 is 2.05 bits per heavy atom. The van der Waals surface area contributed by atoms with Crippen LogP contribution in [-0.4, -0.2) is 5.71 Å². The van der Waals surface area contributed by atoms with Crippen molar-refractivity contribution >= 4 is 21.6 Å². The van der Waals surface area contributed by atoms with Gasteiger partial charge in [-0.25, -0.2) is 0 Å². The third-order valence-corrected chi connectivity index (χ3v) is 5.13. The minimum atomic E-state index is 0.576. The monoisotopic (exact) mass is 333 g/mol. The van der Waals surface area contributed by atoms with Crippen LogP contribution in [0.1, 0.15) is 56.6 Å². The third kappa shape index (κ3) is 4.31. The van der Waals surface area contributed by atoms with Crippen molar-refractivity contribution in [3.63, 3.8) is 0 Å². The van der Waals surface area contributed by atoms with E-state index in [0.29, 0.717) is 5.71 Å². The number of hydrogen-bond acceptors (Lipinski definition) is 1. The molecule has 108 valence electrons. The SMILES string of the molecule is C/C=C(/Br)C(=N)c1cccc(CCC2CCCCC2)c1. The molecular weight excluding hydrogens is 310 g/mol. The Kier molecular flexibility index (Phi) is 6.03. The van der Waals surface area contributed by atoms with Crippen molar-refractivity contribution in [2.24, 2.45) is 5.92 Å². The second-order valence-corrected chi connectivity index (χ2v) is 6.61. The highest BCUT2D eigenvalue weighted by Gasteiger charge is 2.13. The van der Waals surface area contributed by atoms with E-state index in [9.17, 15) is 0 Å². The molecule has 1 fully saturated rings. The summed E-state index contributed by atoms with van der Waals surface area (Å²) < 4.78 is 0.863. The van der Waals surface area contributed by atoms with E-state index in [1.807, 2.05) is 19.1 Å². The molecule has 1 aliphatic rings. The number of nitrogens with one attached hydrogen (secondary N) is 1. The van der Waals surface area contributed by atoms with Gasteiger partial charge in [0.2, 0.25) is 0 Å². The lowest BCUT2D eigenvalue weighted by Crippen LogP contribution is -2.07. The largest absolute Gasteiger partial charge is 0.299 e. The minimum Gasteiger partial charge on any atom is -0.299 e. The number of benzene rings is 1. The Hall–Kier alpha value is -0.890. The molecular formula is C18H24BrN. The molecule has 0 spiro atoms. The lowest BCUT2D eigenvalue weighted by atomic mass is 9.85. The summed E-state index contributed by atoms with van der Waals surface area (Å²) in [5.74, 6) is 0.925. The van der Waals surface area contributed by atoms with Crippen LogP contribution in [0.25, 0.3) is 0 Å². The average Bonchev–Trinajstić information content (AvgIpc) is 2.52. The van der Waals surface area contributed by atoms with Crippen LogP contribution in [0.5, 0.6) is 0 Å². The van der Waals surface area contributed by atoms with Crippen molar-refractivity contribution < 1.29 is 0 Å². The summed E-state index contributed by atoms with van der Waals surface area (Å²) in [6.45, 7) is 1.95. The molecule has 0 aliphatic heterocycles. The number of allylic oxidation sites excluding steroid dienone is 2. The molecule has 1 aromatic rings. The molecule has 2 heteroatoms. The maximum atomic E-state index is 8.15. The van der Waals surface area contributed by atoms with Gasteiger partial charge in [0.1, 0.15) is 0 Å². The molecule has 0 aromatic heterocycles. The Labute approximate surface area is 131 Å². The average molecular weight is 334 g/mol. The molecule has 0 radical (unpaired) electrons. The van der Waals surface area contributed by atoms with Crippen molar-refractivity contribution in [1.29, 1.82) is 5.41 Å². The van der Waals surface area contributed by atoms with Crippen LogP contribution in [-0.2, 0) is 6.42 Å². The fraction of sp³-hybridized carbons (Fsp3) is 0.500. The molecule has 0 bridgehead atoms. The van der Waals surface area contributed by atoms with Crippen molar-refractivity contribution in [1.82, 2.24) is 0 Å². The van der Waals surface area contributed by atoms with Crippen molar-refractivity contribution in [2.75, 3.05) is 0 Å². The lowest BCUT2D eigenvalue weighted by Gasteiger charge is -2.21. The summed E-state index contributed by atoms with van der Waals surface area (Å²) in [6.07, 6.45) is 11.5. The topological polar surface area (TPSA) is 23.9 Å². The normalized spacial score (nSPS) is 17.2. The predicted octanol–water partition coefficient (Wildman–Crippen LogP) is 5.87. The van der Waals surface area contributed by atoms with Crippen molar-refractivity contribution in [2.45, 2.75) is 51.9 Å². The zero-order chi connectivity index (χ0) is 14.4. The van der Waals surface area contributed by atoms with E-state index in [-0.39, 0.29) is 0 Å². The van der Waals surface area contributed by atoms with E-state index in [4.69, 9.17) is 5.41 Å². The molecule has 0 heterocycles. The van der Waals surface area contributed by atoms with Crippen LogP contribution >= 0.6 is 15.9 Å². The van der Waals surface area contributed by atoms with Gasteiger partial charge in [-0.05, 0) is 53.2 Å². The first-order chi connectivity index (χ1) is 9.70. The van der Waals surface area contributed by atoms with Gasteiger partial charge in [0.25, 0.3) is 0 Å². The van der Waals surface area contributed by atoms with Crippen molar-refractivity contribution in [3.8, 4) is 0 Å². The molecule has 1 nitrogen and oxygen atoms in total. The first-order valence-corrected chi connectivity index (χ1v) is 8.50. The Morgan fingerprint density at radius 3 is 2.75 bits per heavy atom. The molecule has 1 aliphatic carbocycles. The van der Waals surface area contributed by atoms with Crippen LogP contribution in [0.15, 0.2) is 34.8 Å². The van der Waals surface area contributed by atoms with E-state index in [2.05, 4.69) is 34.1 Å². The Bertz CT molecular complexity index is 484. The zero-order valence-corrected chi connectivity index (χ0v) is 13.9. The molecule has 1 saturated carbocycles. The van der Waals surface area contributed by atoms with Gasteiger partial charge in [0.15, 0.2) is 0 Å². The van der Waals surface area contributed by atoms with Gasteiger partial charge in [-0.3, -0.25) is 5.41 Å². The van der Waals surface area contributed by atoms with Crippen LogP contribution in [0, 0.1) is 11.3 Å². The van der Waals surface area contributed by atoms with Gasteiger partial charge in [0, 0.05) is 10.0 Å². The van der Waals surface area contributed by atoms with Gasteiger partial charge in [-0.2, -0.15) is 0 Å². The maximum absolute atomic E-state index is 8.15. The summed E-state index contributed by atoms with van der Waals surface area (Å²) in [5.41, 5.74) is 2.96. The summed E-state index contributed by atoms with van der Waals surface area (Å²) in [5, 5.41) is 8.15. The smallest absolute Gasteiger partial charge is 0.0750 e. The van der Waals surface area contributed by atoms with E-state index in [1.165, 1.54) is 44.1 Å². The molecule has 2 rings (SSSR count). The summed E-state index contributed by atoms with van der Waals surface area (Å²) >= 11 is 3.44. The quantitative estimate of drug-likeness (QED) is 0.652. The molecule has 0 saturated heterocycles. The number of aryl methyl sites for hydroxylation is 1. The Balaban J connectivity index is 1.97. The van der Waals surface area contributed by atoms with E-state index >= 15 is 0 Å². The van der Waals surface area contributed by atoms with Crippen LogP contribution in [0.4, 0.5) is 0 Å². The van der Waals surface area contributed by atoms with Gasteiger partial charge in [0.05, 0.1) is 5.71 Å². The zero-order valence-electron chi connectivity index (χ0n) is 12.3. The van der Waals surface area contributed by atoms with Gasteiger partial charge < -0.3 is 0 Å². The second-order valence-electron chi connectivity index (χ2n) is 5.75. The summed E-state index contributed by atoms with van der Waals surface area (Å²) in [7, 11) is 0. The molecule has 20 heavy (non-hydrogen) atoms. The van der Waals surface area contributed by atoms with Crippen LogP contribution in [0.2, 0.25) is 0 Å². The number of hydrogen-bond donors (Lipinski definition) is 1. The summed E-state index contributed by atoms with van der Waals surface area (Å²) in [4.78, 5) is 0. The van der Waals surface area contributed by atoms with E-state index in [1.54, 1.807) is 0 Å². The molecule has 1 aromatic carbocycles. The van der Waals surface area contributed by atoms with Crippen molar-refractivity contribution in [3.05, 3.63) is 46.0 Å². The lowest BCUT2D eigenvalue weighted by molar-refractivity contribution is 0.339. The highest BCUT2D eigenvalue weighted by atomic mass is 79.9. The number of halogens is 1. The second kappa shape index (κ2) is 7.78. The van der Waals surface area contributed by atoms with Crippen LogP contribution < -0.4 is 0 Å². The standard InChI is InChI=1S/C18H24BrN/c1-2-17(19)18(20)16-10-6-9-15(13-16)12-11-14-7-4-3-5-8-14/h2,6,9-10,13-14,20H,3-5,7-8,11-12H2,1H3/b17-2+,20-18?. The first-order valence-electron chi connectivity index (χ1n) is 7.70. The minimum absolute atomic E-state index is 0.576. The molecule has 0 atom stereocenters. The fourth-order valence-electron chi connectivity index (χ4n) is 3.01.